The lowest BCUT2D eigenvalue weighted by Gasteiger charge is -1.99. The Morgan fingerprint density at radius 3 is 2.68 bits per heavy atom. The van der Waals surface area contributed by atoms with Crippen molar-refractivity contribution < 1.29 is 13.2 Å². The van der Waals surface area contributed by atoms with E-state index in [1.165, 1.54) is 11.3 Å². The third-order valence-corrected chi connectivity index (χ3v) is 4.52. The maximum atomic E-state index is 12.4. The summed E-state index contributed by atoms with van der Waals surface area (Å²) in [4.78, 5) is 9.16. The molecule has 0 spiro atoms. The minimum Gasteiger partial charge on any atom is -0.355 e. The van der Waals surface area contributed by atoms with E-state index in [-0.39, 0.29) is 5.13 Å². The molecule has 0 aliphatic rings. The second kappa shape index (κ2) is 5.97. The summed E-state index contributed by atoms with van der Waals surface area (Å²) in [5.41, 5.74) is 0.897. The molecule has 3 rings (SSSR count). The molecular formula is C12H8F3N5S2. The molecule has 1 N–H and O–H groups in total. The first-order chi connectivity index (χ1) is 10.5. The second-order valence-electron chi connectivity index (χ2n) is 4.14. The molecule has 3 aromatic rings. The van der Waals surface area contributed by atoms with Gasteiger partial charge in [-0.2, -0.15) is 13.2 Å². The van der Waals surface area contributed by atoms with Crippen molar-refractivity contribution in [3.05, 3.63) is 40.6 Å². The van der Waals surface area contributed by atoms with Crippen LogP contribution < -0.4 is 5.32 Å². The Balaban J connectivity index is 1.65. The highest BCUT2D eigenvalue weighted by Crippen LogP contribution is 2.33. The van der Waals surface area contributed by atoms with E-state index in [9.17, 15) is 13.2 Å². The van der Waals surface area contributed by atoms with Crippen molar-refractivity contribution in [2.24, 2.45) is 0 Å². The van der Waals surface area contributed by atoms with Gasteiger partial charge < -0.3 is 5.32 Å². The fourth-order valence-electron chi connectivity index (χ4n) is 1.58. The molecule has 0 aliphatic carbocycles. The lowest BCUT2D eigenvalue weighted by atomic mass is 10.3. The quantitative estimate of drug-likeness (QED) is 0.783. The van der Waals surface area contributed by atoms with Gasteiger partial charge in [0.25, 0.3) is 0 Å². The number of aromatic nitrogens is 4. The summed E-state index contributed by atoms with van der Waals surface area (Å²) in [6.07, 6.45) is 0.588. The van der Waals surface area contributed by atoms with Gasteiger partial charge in [-0.3, -0.25) is 4.98 Å². The number of hydrogen-bond acceptors (Lipinski definition) is 7. The summed E-state index contributed by atoms with van der Waals surface area (Å²) in [5, 5.41) is 9.37. The predicted molar refractivity (Wildman–Crippen MR) is 77.6 cm³/mol. The van der Waals surface area contributed by atoms with Gasteiger partial charge in [-0.25, -0.2) is 4.98 Å². The number of nitrogens with one attached hydrogen (secondary N) is 1. The van der Waals surface area contributed by atoms with Crippen LogP contribution in [0.1, 0.15) is 9.88 Å². The Hall–Kier alpha value is -2.07. The molecule has 0 atom stereocenters. The first-order valence-corrected chi connectivity index (χ1v) is 7.65. The molecule has 0 fully saturated rings. The van der Waals surface area contributed by atoms with Crippen molar-refractivity contribution in [3.8, 4) is 10.6 Å². The zero-order valence-corrected chi connectivity index (χ0v) is 12.5. The molecule has 0 unspecified atom stereocenters. The van der Waals surface area contributed by atoms with Crippen molar-refractivity contribution >= 4 is 27.8 Å². The Morgan fingerprint density at radius 2 is 2.00 bits per heavy atom. The van der Waals surface area contributed by atoms with Crippen molar-refractivity contribution in [3.63, 3.8) is 0 Å². The fraction of sp³-hybridized carbons (Fsp3) is 0.167. The van der Waals surface area contributed by atoms with Gasteiger partial charge in [-0.15, -0.1) is 21.5 Å². The van der Waals surface area contributed by atoms with Gasteiger partial charge >= 0.3 is 6.18 Å². The lowest BCUT2D eigenvalue weighted by Crippen LogP contribution is -2.03. The van der Waals surface area contributed by atoms with E-state index in [2.05, 4.69) is 25.5 Å². The van der Waals surface area contributed by atoms with E-state index in [0.29, 0.717) is 17.9 Å². The van der Waals surface area contributed by atoms with E-state index in [0.717, 1.165) is 15.4 Å². The van der Waals surface area contributed by atoms with Gasteiger partial charge in [0.1, 0.15) is 5.01 Å². The van der Waals surface area contributed by atoms with E-state index in [1.54, 1.807) is 18.6 Å². The highest BCUT2D eigenvalue weighted by Gasteiger charge is 2.35. The van der Waals surface area contributed by atoms with Gasteiger partial charge in [-0.05, 0) is 12.1 Å². The van der Waals surface area contributed by atoms with Crippen LogP contribution in [0.2, 0.25) is 0 Å². The molecular weight excluding hydrogens is 335 g/mol. The largest absolute Gasteiger partial charge is 0.445 e. The van der Waals surface area contributed by atoms with Crippen LogP contribution in [-0.4, -0.2) is 20.2 Å². The molecule has 3 heterocycles. The average molecular weight is 343 g/mol. The number of alkyl halides is 3. The van der Waals surface area contributed by atoms with Crippen molar-refractivity contribution in [1.29, 1.82) is 0 Å². The molecule has 22 heavy (non-hydrogen) atoms. The average Bonchev–Trinajstić information content (AvgIpc) is 3.15. The first kappa shape index (κ1) is 14.9. The van der Waals surface area contributed by atoms with Crippen LogP contribution in [0.25, 0.3) is 10.6 Å². The minimum absolute atomic E-state index is 0.128. The Morgan fingerprint density at radius 1 is 1.14 bits per heavy atom. The summed E-state index contributed by atoms with van der Waals surface area (Å²) in [5.74, 6) is 0. The molecule has 0 bridgehead atoms. The summed E-state index contributed by atoms with van der Waals surface area (Å²) >= 11 is 1.92. The summed E-state index contributed by atoms with van der Waals surface area (Å²) in [6, 6.07) is 3.71. The predicted octanol–water partition coefficient (Wildman–Crippen LogP) is 3.69. The maximum absolute atomic E-state index is 12.4. The topological polar surface area (TPSA) is 63.6 Å². The van der Waals surface area contributed by atoms with Gasteiger partial charge in [0.15, 0.2) is 0 Å². The van der Waals surface area contributed by atoms with Gasteiger partial charge in [0.2, 0.25) is 10.1 Å². The molecule has 3 aromatic heterocycles. The minimum atomic E-state index is -4.46. The number of rotatable bonds is 4. The molecule has 0 amide bonds. The number of anilines is 1. The Labute approximate surface area is 130 Å². The second-order valence-corrected chi connectivity index (χ2v) is 6.23. The van der Waals surface area contributed by atoms with E-state index in [1.807, 2.05) is 12.1 Å². The van der Waals surface area contributed by atoms with Crippen LogP contribution in [0, 0.1) is 0 Å². The number of nitrogens with zero attached hydrogens (tertiary/aromatic N) is 4. The van der Waals surface area contributed by atoms with Crippen molar-refractivity contribution in [2.45, 2.75) is 12.7 Å². The molecule has 5 nitrogen and oxygen atoms in total. The third kappa shape index (κ3) is 3.39. The first-order valence-electron chi connectivity index (χ1n) is 6.02. The lowest BCUT2D eigenvalue weighted by molar-refractivity contribution is -0.138. The van der Waals surface area contributed by atoms with Crippen LogP contribution in [0.5, 0.6) is 0 Å². The van der Waals surface area contributed by atoms with Crippen LogP contribution in [-0.2, 0) is 12.7 Å². The molecule has 0 radical (unpaired) electrons. The fourth-order valence-corrected chi connectivity index (χ4v) is 3.03. The number of hydrogen-bond donors (Lipinski definition) is 1. The smallest absolute Gasteiger partial charge is 0.355 e. The Bertz CT molecular complexity index is 753. The standard InChI is InChI=1S/C12H8F3N5S2/c13-12(14,15)10-19-20-11(22-10)18-6-8-5-17-9(21-8)7-2-1-3-16-4-7/h1-5H,6H2,(H,18,20). The summed E-state index contributed by atoms with van der Waals surface area (Å²) in [6.45, 7) is 0.338. The SMILES string of the molecule is FC(F)(F)c1nnc(NCc2cnc(-c3cccnc3)s2)s1. The highest BCUT2D eigenvalue weighted by atomic mass is 32.1. The zero-order valence-electron chi connectivity index (χ0n) is 10.8. The van der Waals surface area contributed by atoms with Crippen LogP contribution in [0.3, 0.4) is 0 Å². The van der Waals surface area contributed by atoms with Crippen molar-refractivity contribution in [1.82, 2.24) is 20.2 Å². The summed E-state index contributed by atoms with van der Waals surface area (Å²) < 4.78 is 37.3. The molecule has 0 aromatic carbocycles. The summed E-state index contributed by atoms with van der Waals surface area (Å²) in [7, 11) is 0. The van der Waals surface area contributed by atoms with Gasteiger partial charge in [-0.1, -0.05) is 11.3 Å². The normalized spacial score (nSPS) is 11.6. The van der Waals surface area contributed by atoms with E-state index < -0.39 is 11.2 Å². The van der Waals surface area contributed by atoms with Gasteiger partial charge in [0, 0.05) is 29.0 Å². The number of thiazole rings is 1. The zero-order chi connectivity index (χ0) is 15.6. The van der Waals surface area contributed by atoms with Crippen LogP contribution in [0.4, 0.5) is 18.3 Å². The molecule has 0 aliphatic heterocycles. The number of pyridine rings is 1. The van der Waals surface area contributed by atoms with Crippen molar-refractivity contribution in [2.75, 3.05) is 5.32 Å². The van der Waals surface area contributed by atoms with Crippen LogP contribution >= 0.6 is 22.7 Å². The molecule has 0 saturated carbocycles. The Kier molecular flexibility index (Phi) is 4.03. The number of halogens is 3. The van der Waals surface area contributed by atoms with Gasteiger partial charge in [0.05, 0.1) is 6.54 Å². The maximum Gasteiger partial charge on any atom is 0.445 e. The van der Waals surface area contributed by atoms with E-state index >= 15 is 0 Å². The van der Waals surface area contributed by atoms with Crippen LogP contribution in [0.15, 0.2) is 30.7 Å². The molecule has 114 valence electrons. The molecule has 0 saturated heterocycles. The monoisotopic (exact) mass is 343 g/mol. The van der Waals surface area contributed by atoms with E-state index in [4.69, 9.17) is 0 Å². The molecule has 10 heteroatoms. The highest BCUT2D eigenvalue weighted by molar-refractivity contribution is 7.15. The third-order valence-electron chi connectivity index (χ3n) is 2.54.